The molecule has 0 saturated carbocycles. The fourth-order valence-electron chi connectivity index (χ4n) is 2.35. The number of piperidine rings is 1. The molecule has 1 atom stereocenters. The summed E-state index contributed by atoms with van der Waals surface area (Å²) in [4.78, 5) is 4.54. The molecule has 0 amide bonds. The number of nitrogens with zero attached hydrogens (tertiary/aromatic N) is 3. The minimum atomic E-state index is 0.676. The first-order valence-electron chi connectivity index (χ1n) is 7.00. The van der Waals surface area contributed by atoms with E-state index < -0.39 is 0 Å². The summed E-state index contributed by atoms with van der Waals surface area (Å²) in [5, 5.41) is 15.1. The quantitative estimate of drug-likeness (QED) is 0.826. The molecule has 1 aromatic heterocycles. The summed E-state index contributed by atoms with van der Waals surface area (Å²) in [7, 11) is 0. The Balaban J connectivity index is 1.92. The third kappa shape index (κ3) is 3.38. The Morgan fingerprint density at radius 2 is 2.06 bits per heavy atom. The molecule has 1 saturated heterocycles. The number of anilines is 1. The predicted molar refractivity (Wildman–Crippen MR) is 72.7 cm³/mol. The number of hydrogen-bond donors (Lipinski definition) is 2. The highest BCUT2D eigenvalue weighted by atomic mass is 15.2. The molecule has 0 bridgehead atoms. The third-order valence-electron chi connectivity index (χ3n) is 3.46. The zero-order chi connectivity index (χ0) is 12.8. The van der Waals surface area contributed by atoms with Crippen molar-refractivity contribution in [1.82, 2.24) is 20.5 Å². The van der Waals surface area contributed by atoms with Crippen LogP contribution in [0.1, 0.15) is 38.1 Å². The second-order valence-corrected chi connectivity index (χ2v) is 4.83. The van der Waals surface area contributed by atoms with Crippen molar-refractivity contribution in [3.63, 3.8) is 0 Å². The van der Waals surface area contributed by atoms with Crippen molar-refractivity contribution in [1.29, 1.82) is 0 Å². The van der Waals surface area contributed by atoms with E-state index in [0.717, 1.165) is 43.9 Å². The lowest BCUT2D eigenvalue weighted by atomic mass is 10.00. The van der Waals surface area contributed by atoms with Crippen molar-refractivity contribution < 1.29 is 0 Å². The summed E-state index contributed by atoms with van der Waals surface area (Å²) in [6, 6.07) is 0. The highest BCUT2D eigenvalue weighted by Crippen LogP contribution is 2.11. The average molecular weight is 249 g/mol. The van der Waals surface area contributed by atoms with E-state index >= 15 is 0 Å². The summed E-state index contributed by atoms with van der Waals surface area (Å²) < 4.78 is 0. The second-order valence-electron chi connectivity index (χ2n) is 4.83. The first-order chi connectivity index (χ1) is 8.83. The van der Waals surface area contributed by atoms with Crippen molar-refractivity contribution in [2.45, 2.75) is 39.5 Å². The number of aryl methyl sites for hydroxylation is 2. The van der Waals surface area contributed by atoms with Crippen LogP contribution in [0.3, 0.4) is 0 Å². The van der Waals surface area contributed by atoms with Gasteiger partial charge in [-0.3, -0.25) is 0 Å². The minimum absolute atomic E-state index is 0.676. The molecular weight excluding hydrogens is 226 g/mol. The van der Waals surface area contributed by atoms with E-state index in [1.54, 1.807) is 0 Å². The van der Waals surface area contributed by atoms with Gasteiger partial charge >= 0.3 is 0 Å². The van der Waals surface area contributed by atoms with E-state index in [0.29, 0.717) is 11.9 Å². The van der Waals surface area contributed by atoms with Gasteiger partial charge in [-0.1, -0.05) is 13.8 Å². The van der Waals surface area contributed by atoms with E-state index in [2.05, 4.69) is 39.7 Å². The van der Waals surface area contributed by atoms with Gasteiger partial charge in [0, 0.05) is 6.54 Å². The van der Waals surface area contributed by atoms with E-state index in [4.69, 9.17) is 0 Å². The van der Waals surface area contributed by atoms with Gasteiger partial charge in [0.15, 0.2) is 0 Å². The molecule has 1 aromatic rings. The highest BCUT2D eigenvalue weighted by molar-refractivity contribution is 5.25. The van der Waals surface area contributed by atoms with Crippen LogP contribution in [0.4, 0.5) is 5.95 Å². The van der Waals surface area contributed by atoms with E-state index in [1.165, 1.54) is 12.8 Å². The Labute approximate surface area is 109 Å². The molecule has 0 aromatic carbocycles. The fraction of sp³-hybridized carbons (Fsp3) is 0.769. The molecule has 2 rings (SSSR count). The SMILES string of the molecule is CCc1nnc(NCC2CCCNC2)nc1CC. The largest absolute Gasteiger partial charge is 0.353 e. The lowest BCUT2D eigenvalue weighted by Gasteiger charge is -2.22. The van der Waals surface area contributed by atoms with Crippen LogP contribution in [0.25, 0.3) is 0 Å². The van der Waals surface area contributed by atoms with Gasteiger partial charge in [0.2, 0.25) is 5.95 Å². The van der Waals surface area contributed by atoms with Crippen molar-refractivity contribution in [3.8, 4) is 0 Å². The van der Waals surface area contributed by atoms with Crippen LogP contribution >= 0.6 is 0 Å². The third-order valence-corrected chi connectivity index (χ3v) is 3.46. The molecule has 2 heterocycles. The van der Waals surface area contributed by atoms with Gasteiger partial charge in [0.25, 0.3) is 0 Å². The number of nitrogens with one attached hydrogen (secondary N) is 2. The maximum Gasteiger partial charge on any atom is 0.242 e. The summed E-state index contributed by atoms with van der Waals surface area (Å²) in [5.74, 6) is 1.35. The molecule has 5 nitrogen and oxygen atoms in total. The number of aromatic nitrogens is 3. The molecular formula is C13H23N5. The molecule has 1 unspecified atom stereocenters. The summed E-state index contributed by atoms with van der Waals surface area (Å²) in [6.07, 6.45) is 4.36. The standard InChI is InChI=1S/C13H23N5/c1-3-11-12(4-2)17-18-13(16-11)15-9-10-6-5-7-14-8-10/h10,14H,3-9H2,1-2H3,(H,15,16,18). The van der Waals surface area contributed by atoms with Crippen molar-refractivity contribution in [2.24, 2.45) is 5.92 Å². The van der Waals surface area contributed by atoms with Crippen LogP contribution in [-0.4, -0.2) is 34.8 Å². The lowest BCUT2D eigenvalue weighted by Crippen LogP contribution is -2.33. The van der Waals surface area contributed by atoms with Crippen LogP contribution in [0.15, 0.2) is 0 Å². The maximum atomic E-state index is 4.54. The normalized spacial score (nSPS) is 19.8. The zero-order valence-electron chi connectivity index (χ0n) is 11.4. The van der Waals surface area contributed by atoms with Crippen LogP contribution in [0.2, 0.25) is 0 Å². The number of rotatable bonds is 5. The van der Waals surface area contributed by atoms with Gasteiger partial charge in [-0.25, -0.2) is 4.98 Å². The predicted octanol–water partition coefficient (Wildman–Crippen LogP) is 1.41. The Morgan fingerprint density at radius 1 is 1.22 bits per heavy atom. The Morgan fingerprint density at radius 3 is 2.72 bits per heavy atom. The Bertz CT molecular complexity index is 374. The molecule has 1 aliphatic rings. The molecule has 18 heavy (non-hydrogen) atoms. The second kappa shape index (κ2) is 6.64. The Kier molecular flexibility index (Phi) is 4.87. The molecule has 5 heteroatoms. The number of hydrogen-bond acceptors (Lipinski definition) is 5. The van der Waals surface area contributed by atoms with E-state index in [-0.39, 0.29) is 0 Å². The average Bonchev–Trinajstić information content (AvgIpc) is 2.45. The van der Waals surface area contributed by atoms with Gasteiger partial charge in [0.1, 0.15) is 0 Å². The van der Waals surface area contributed by atoms with Crippen LogP contribution in [0, 0.1) is 5.92 Å². The van der Waals surface area contributed by atoms with Gasteiger partial charge in [-0.05, 0) is 44.7 Å². The van der Waals surface area contributed by atoms with E-state index in [9.17, 15) is 0 Å². The molecule has 0 spiro atoms. The first-order valence-corrected chi connectivity index (χ1v) is 7.00. The Hall–Kier alpha value is -1.23. The highest BCUT2D eigenvalue weighted by Gasteiger charge is 2.13. The monoisotopic (exact) mass is 249 g/mol. The summed E-state index contributed by atoms with van der Waals surface area (Å²) in [5.41, 5.74) is 2.08. The van der Waals surface area contributed by atoms with Crippen molar-refractivity contribution in [2.75, 3.05) is 25.0 Å². The van der Waals surface area contributed by atoms with Crippen LogP contribution in [0.5, 0.6) is 0 Å². The molecule has 2 N–H and O–H groups in total. The van der Waals surface area contributed by atoms with Gasteiger partial charge < -0.3 is 10.6 Å². The molecule has 0 radical (unpaired) electrons. The van der Waals surface area contributed by atoms with Gasteiger partial charge in [-0.15, -0.1) is 5.10 Å². The molecule has 0 aliphatic carbocycles. The molecule has 1 fully saturated rings. The van der Waals surface area contributed by atoms with Gasteiger partial charge in [-0.2, -0.15) is 5.10 Å². The van der Waals surface area contributed by atoms with Crippen molar-refractivity contribution in [3.05, 3.63) is 11.4 Å². The van der Waals surface area contributed by atoms with Crippen molar-refractivity contribution >= 4 is 5.95 Å². The fourth-order valence-corrected chi connectivity index (χ4v) is 2.35. The van der Waals surface area contributed by atoms with E-state index in [1.807, 2.05) is 0 Å². The smallest absolute Gasteiger partial charge is 0.242 e. The summed E-state index contributed by atoms with van der Waals surface area (Å²) in [6.45, 7) is 7.38. The lowest BCUT2D eigenvalue weighted by molar-refractivity contribution is 0.392. The molecule has 1 aliphatic heterocycles. The van der Waals surface area contributed by atoms with Gasteiger partial charge in [0.05, 0.1) is 11.4 Å². The maximum absolute atomic E-state index is 4.54. The van der Waals surface area contributed by atoms with Crippen LogP contribution < -0.4 is 10.6 Å². The van der Waals surface area contributed by atoms with Crippen LogP contribution in [-0.2, 0) is 12.8 Å². The zero-order valence-corrected chi connectivity index (χ0v) is 11.4. The first kappa shape index (κ1) is 13.2. The topological polar surface area (TPSA) is 62.7 Å². The molecule has 100 valence electrons. The minimum Gasteiger partial charge on any atom is -0.353 e. The summed E-state index contributed by atoms with van der Waals surface area (Å²) >= 11 is 0.